The van der Waals surface area contributed by atoms with Crippen molar-refractivity contribution in [3.8, 4) is 22.4 Å². The standard InChI is InChI=1S/C34H34N2O4/c1-3-4-19-39-33(37)32(20-24-17-18-31(35-21-24)25-12-6-5-11-23(25)2)36-34(38)40-22-30-28-15-9-7-13-26(28)27-14-8-10-16-29(27)30/h5-18,21,30,32H,3-4,19-20,22H2,1-2H3,(H,36,38). The van der Waals surface area contributed by atoms with Crippen LogP contribution in [0.4, 0.5) is 4.79 Å². The molecule has 1 aliphatic carbocycles. The van der Waals surface area contributed by atoms with E-state index in [4.69, 9.17) is 9.47 Å². The van der Waals surface area contributed by atoms with E-state index in [1.807, 2.05) is 74.5 Å². The smallest absolute Gasteiger partial charge is 0.407 e. The van der Waals surface area contributed by atoms with Crippen molar-refractivity contribution < 1.29 is 19.1 Å². The third-order valence-electron chi connectivity index (χ3n) is 7.35. The molecule has 0 bridgehead atoms. The van der Waals surface area contributed by atoms with Gasteiger partial charge >= 0.3 is 12.1 Å². The second kappa shape index (κ2) is 12.6. The van der Waals surface area contributed by atoms with Gasteiger partial charge in [-0.1, -0.05) is 92.2 Å². The number of carbonyl (C=O) groups is 2. The summed E-state index contributed by atoms with van der Waals surface area (Å²) >= 11 is 0. The number of nitrogens with one attached hydrogen (secondary N) is 1. The van der Waals surface area contributed by atoms with Crippen LogP contribution in [0, 0.1) is 6.92 Å². The minimum atomic E-state index is -0.890. The number of pyridine rings is 1. The summed E-state index contributed by atoms with van der Waals surface area (Å²) in [6.45, 7) is 4.56. The number of hydrogen-bond donors (Lipinski definition) is 1. The lowest BCUT2D eigenvalue weighted by Gasteiger charge is -2.19. The largest absolute Gasteiger partial charge is 0.464 e. The van der Waals surface area contributed by atoms with Crippen molar-refractivity contribution in [1.29, 1.82) is 0 Å². The molecule has 1 amide bonds. The van der Waals surface area contributed by atoms with E-state index in [2.05, 4.69) is 34.6 Å². The second-order valence-electron chi connectivity index (χ2n) is 10.1. The Hall–Kier alpha value is -4.45. The van der Waals surface area contributed by atoms with Gasteiger partial charge in [-0.05, 0) is 52.8 Å². The van der Waals surface area contributed by atoms with Crippen LogP contribution < -0.4 is 5.32 Å². The van der Waals surface area contributed by atoms with Gasteiger partial charge in [0, 0.05) is 24.1 Å². The molecule has 1 unspecified atom stereocenters. The molecule has 0 radical (unpaired) electrons. The van der Waals surface area contributed by atoms with Crippen LogP contribution >= 0.6 is 0 Å². The van der Waals surface area contributed by atoms with Gasteiger partial charge in [-0.25, -0.2) is 9.59 Å². The van der Waals surface area contributed by atoms with Crippen LogP contribution in [0.25, 0.3) is 22.4 Å². The number of aromatic nitrogens is 1. The zero-order valence-corrected chi connectivity index (χ0v) is 22.9. The molecule has 0 fully saturated rings. The summed E-state index contributed by atoms with van der Waals surface area (Å²) in [6, 6.07) is 27.4. The molecule has 5 rings (SSSR count). The fourth-order valence-corrected chi connectivity index (χ4v) is 5.19. The minimum Gasteiger partial charge on any atom is -0.464 e. The molecule has 40 heavy (non-hydrogen) atoms. The average Bonchev–Trinajstić information content (AvgIpc) is 3.30. The Kier molecular flexibility index (Phi) is 8.55. The SMILES string of the molecule is CCCCOC(=O)C(Cc1ccc(-c2ccccc2C)nc1)NC(=O)OCC1c2ccccc2-c2ccccc21. The summed E-state index contributed by atoms with van der Waals surface area (Å²) in [5.41, 5.74) is 8.44. The number of esters is 1. The number of carbonyl (C=O) groups excluding carboxylic acids is 2. The summed E-state index contributed by atoms with van der Waals surface area (Å²) in [5, 5.41) is 2.76. The highest BCUT2D eigenvalue weighted by molar-refractivity contribution is 5.82. The number of aryl methyl sites for hydroxylation is 1. The summed E-state index contributed by atoms with van der Waals surface area (Å²) < 4.78 is 11.2. The molecular formula is C34H34N2O4. The number of amides is 1. The van der Waals surface area contributed by atoms with Crippen LogP contribution in [0.2, 0.25) is 0 Å². The average molecular weight is 535 g/mol. The Bertz CT molecular complexity index is 1440. The van der Waals surface area contributed by atoms with Crippen molar-refractivity contribution in [2.45, 2.75) is 45.1 Å². The summed E-state index contributed by atoms with van der Waals surface area (Å²) in [7, 11) is 0. The molecule has 0 saturated heterocycles. The molecular weight excluding hydrogens is 500 g/mol. The Morgan fingerprint density at radius 1 is 0.850 bits per heavy atom. The molecule has 204 valence electrons. The second-order valence-corrected chi connectivity index (χ2v) is 10.1. The van der Waals surface area contributed by atoms with E-state index in [-0.39, 0.29) is 18.9 Å². The molecule has 0 saturated carbocycles. The normalized spacial score (nSPS) is 12.8. The first-order valence-electron chi connectivity index (χ1n) is 13.8. The number of benzene rings is 3. The van der Waals surface area contributed by atoms with Crippen molar-refractivity contribution in [1.82, 2.24) is 10.3 Å². The number of fused-ring (bicyclic) bond motifs is 3. The number of hydrogen-bond acceptors (Lipinski definition) is 5. The van der Waals surface area contributed by atoms with Crippen LogP contribution in [-0.4, -0.2) is 36.3 Å². The molecule has 1 heterocycles. The van der Waals surface area contributed by atoms with Crippen LogP contribution in [0.3, 0.4) is 0 Å². The van der Waals surface area contributed by atoms with Gasteiger partial charge in [-0.15, -0.1) is 0 Å². The van der Waals surface area contributed by atoms with E-state index in [0.29, 0.717) is 6.61 Å². The summed E-state index contributed by atoms with van der Waals surface area (Å²) in [4.78, 5) is 30.6. The quantitative estimate of drug-likeness (QED) is 0.178. The van der Waals surface area contributed by atoms with Gasteiger partial charge in [-0.3, -0.25) is 4.98 Å². The van der Waals surface area contributed by atoms with E-state index in [0.717, 1.165) is 57.5 Å². The van der Waals surface area contributed by atoms with E-state index in [1.165, 1.54) is 0 Å². The fourth-order valence-electron chi connectivity index (χ4n) is 5.19. The minimum absolute atomic E-state index is 0.0636. The molecule has 0 spiro atoms. The highest BCUT2D eigenvalue weighted by Gasteiger charge is 2.30. The van der Waals surface area contributed by atoms with Gasteiger partial charge in [0.1, 0.15) is 12.6 Å². The zero-order chi connectivity index (χ0) is 27.9. The van der Waals surface area contributed by atoms with Gasteiger partial charge < -0.3 is 14.8 Å². The number of rotatable bonds is 10. The van der Waals surface area contributed by atoms with Crippen molar-refractivity contribution in [3.05, 3.63) is 113 Å². The molecule has 4 aromatic rings. The maximum Gasteiger partial charge on any atom is 0.407 e. The highest BCUT2D eigenvalue weighted by atomic mass is 16.6. The molecule has 6 heteroatoms. The number of nitrogens with zero attached hydrogens (tertiary/aromatic N) is 1. The monoisotopic (exact) mass is 534 g/mol. The van der Waals surface area contributed by atoms with Crippen LogP contribution in [0.5, 0.6) is 0 Å². The Morgan fingerprint density at radius 2 is 1.50 bits per heavy atom. The third-order valence-corrected chi connectivity index (χ3v) is 7.35. The molecule has 1 aromatic heterocycles. The first kappa shape index (κ1) is 27.1. The van der Waals surface area contributed by atoms with Crippen molar-refractivity contribution in [3.63, 3.8) is 0 Å². The van der Waals surface area contributed by atoms with E-state index in [9.17, 15) is 9.59 Å². The van der Waals surface area contributed by atoms with Gasteiger partial charge in [0.15, 0.2) is 0 Å². The molecule has 0 aliphatic heterocycles. The van der Waals surface area contributed by atoms with E-state index in [1.54, 1.807) is 6.20 Å². The predicted octanol–water partition coefficient (Wildman–Crippen LogP) is 6.85. The maximum absolute atomic E-state index is 13.0. The first-order valence-corrected chi connectivity index (χ1v) is 13.8. The summed E-state index contributed by atoms with van der Waals surface area (Å²) in [6.07, 6.45) is 3.01. The number of alkyl carbamates (subject to hydrolysis) is 1. The Morgan fingerprint density at radius 3 is 2.12 bits per heavy atom. The van der Waals surface area contributed by atoms with Gasteiger partial charge in [-0.2, -0.15) is 0 Å². The third kappa shape index (κ3) is 6.07. The Balaban J connectivity index is 1.27. The zero-order valence-electron chi connectivity index (χ0n) is 22.9. The molecule has 6 nitrogen and oxygen atoms in total. The highest BCUT2D eigenvalue weighted by Crippen LogP contribution is 2.44. The fraction of sp³-hybridized carbons (Fsp3) is 0.265. The summed E-state index contributed by atoms with van der Waals surface area (Å²) in [5.74, 6) is -0.545. The topological polar surface area (TPSA) is 77.5 Å². The number of ether oxygens (including phenoxy) is 2. The predicted molar refractivity (Wildman–Crippen MR) is 156 cm³/mol. The molecule has 3 aromatic carbocycles. The van der Waals surface area contributed by atoms with Gasteiger partial charge in [0.25, 0.3) is 0 Å². The lowest BCUT2D eigenvalue weighted by molar-refractivity contribution is -0.146. The molecule has 1 N–H and O–H groups in total. The lowest BCUT2D eigenvalue weighted by atomic mass is 9.98. The van der Waals surface area contributed by atoms with Crippen LogP contribution in [0.15, 0.2) is 91.1 Å². The van der Waals surface area contributed by atoms with Gasteiger partial charge in [0.05, 0.1) is 12.3 Å². The van der Waals surface area contributed by atoms with E-state index >= 15 is 0 Å². The molecule has 1 aliphatic rings. The van der Waals surface area contributed by atoms with Crippen molar-refractivity contribution in [2.75, 3.05) is 13.2 Å². The van der Waals surface area contributed by atoms with Crippen molar-refractivity contribution in [2.24, 2.45) is 0 Å². The van der Waals surface area contributed by atoms with E-state index < -0.39 is 18.1 Å². The maximum atomic E-state index is 13.0. The van der Waals surface area contributed by atoms with Gasteiger partial charge in [0.2, 0.25) is 0 Å². The first-order chi connectivity index (χ1) is 19.5. The number of unbranched alkanes of at least 4 members (excludes halogenated alkanes) is 1. The van der Waals surface area contributed by atoms with Crippen LogP contribution in [0.1, 0.15) is 47.9 Å². The van der Waals surface area contributed by atoms with Crippen LogP contribution in [-0.2, 0) is 20.7 Å². The lowest BCUT2D eigenvalue weighted by Crippen LogP contribution is -2.44. The molecule has 1 atom stereocenters. The van der Waals surface area contributed by atoms with Crippen molar-refractivity contribution >= 4 is 12.1 Å². The Labute approximate surface area is 235 Å².